The second kappa shape index (κ2) is 8.67. The molecule has 0 unspecified atom stereocenters. The van der Waals surface area contributed by atoms with Gasteiger partial charge in [-0.1, -0.05) is 30.3 Å². The van der Waals surface area contributed by atoms with E-state index in [0.29, 0.717) is 32.4 Å². The van der Waals surface area contributed by atoms with Gasteiger partial charge in [0.1, 0.15) is 6.61 Å². The lowest BCUT2D eigenvalue weighted by atomic mass is 9.73. The Morgan fingerprint density at radius 2 is 1.89 bits per heavy atom. The Balaban J connectivity index is 1.72. The number of ether oxygens (including phenoxy) is 1. The van der Waals surface area contributed by atoms with Gasteiger partial charge in [-0.3, -0.25) is 9.59 Å². The zero-order valence-electron chi connectivity index (χ0n) is 15.9. The maximum atomic E-state index is 12.7. The van der Waals surface area contributed by atoms with Crippen molar-refractivity contribution in [2.75, 3.05) is 33.9 Å². The van der Waals surface area contributed by atoms with Crippen LogP contribution in [0.25, 0.3) is 10.4 Å². The van der Waals surface area contributed by atoms with Gasteiger partial charge in [0.15, 0.2) is 0 Å². The molecular formula is C21H26N2O3S. The molecule has 6 heteroatoms. The molecule has 1 saturated heterocycles. The summed E-state index contributed by atoms with van der Waals surface area (Å²) in [5.74, 6) is 0.0481. The summed E-state index contributed by atoms with van der Waals surface area (Å²) in [6.07, 6.45) is 2.01. The number of piperidine rings is 1. The maximum absolute atomic E-state index is 12.7. The fourth-order valence-electron chi connectivity index (χ4n) is 3.77. The fraction of sp³-hybridized carbons (Fsp3) is 0.429. The van der Waals surface area contributed by atoms with Crippen LogP contribution in [-0.4, -0.2) is 50.6 Å². The summed E-state index contributed by atoms with van der Waals surface area (Å²) >= 11 is 1.72. The molecule has 1 aliphatic heterocycles. The smallest absolute Gasteiger partial charge is 0.248 e. The van der Waals surface area contributed by atoms with Crippen LogP contribution < -0.4 is 5.32 Å². The summed E-state index contributed by atoms with van der Waals surface area (Å²) in [5.41, 5.74) is 1.88. The number of thiophene rings is 1. The van der Waals surface area contributed by atoms with E-state index in [1.165, 1.54) is 17.6 Å². The Morgan fingerprint density at radius 3 is 2.44 bits per heavy atom. The molecule has 1 aromatic heterocycles. The third kappa shape index (κ3) is 4.39. The highest BCUT2D eigenvalue weighted by atomic mass is 32.1. The zero-order valence-corrected chi connectivity index (χ0v) is 16.7. The third-order valence-electron chi connectivity index (χ3n) is 5.35. The van der Waals surface area contributed by atoms with E-state index in [9.17, 15) is 9.59 Å². The topological polar surface area (TPSA) is 58.6 Å². The summed E-state index contributed by atoms with van der Waals surface area (Å²) in [4.78, 5) is 27.8. The van der Waals surface area contributed by atoms with E-state index in [4.69, 9.17) is 4.74 Å². The van der Waals surface area contributed by atoms with Gasteiger partial charge >= 0.3 is 0 Å². The van der Waals surface area contributed by atoms with Gasteiger partial charge in [0, 0.05) is 32.1 Å². The number of nitrogens with zero attached hydrogens (tertiary/aromatic N) is 1. The highest BCUT2D eigenvalue weighted by Gasteiger charge is 2.41. The number of hydrogen-bond acceptors (Lipinski definition) is 4. The Labute approximate surface area is 164 Å². The molecule has 2 heterocycles. The molecule has 27 heavy (non-hydrogen) atoms. The quantitative estimate of drug-likeness (QED) is 0.830. The summed E-state index contributed by atoms with van der Waals surface area (Å²) in [5, 5.41) is 4.91. The SMILES string of the molecule is CNC(=O)C1(Cc2ccc(-c3cccs3)cc2)CCN(C(=O)COC)CC1. The number of benzene rings is 1. The number of hydrogen-bond donors (Lipinski definition) is 1. The number of methoxy groups -OCH3 is 1. The van der Waals surface area contributed by atoms with Crippen LogP contribution in [0.3, 0.4) is 0 Å². The molecule has 5 nitrogen and oxygen atoms in total. The monoisotopic (exact) mass is 386 g/mol. The molecule has 0 saturated carbocycles. The number of amides is 2. The van der Waals surface area contributed by atoms with E-state index in [1.807, 2.05) is 6.07 Å². The van der Waals surface area contributed by atoms with Crippen LogP contribution in [0.15, 0.2) is 41.8 Å². The fourth-order valence-corrected chi connectivity index (χ4v) is 4.50. The standard InChI is InChI=1S/C21H26N2O3S/c1-22-20(25)21(9-11-23(12-10-21)19(24)15-26-2)14-16-5-7-17(8-6-16)18-4-3-13-27-18/h3-8,13H,9-12,14-15H2,1-2H3,(H,22,25). The summed E-state index contributed by atoms with van der Waals surface area (Å²) in [7, 11) is 3.21. The molecule has 0 bridgehead atoms. The molecule has 2 amide bonds. The van der Waals surface area contributed by atoms with Crippen LogP contribution in [0.1, 0.15) is 18.4 Å². The molecular weight excluding hydrogens is 360 g/mol. The van der Waals surface area contributed by atoms with Gasteiger partial charge < -0.3 is 15.0 Å². The molecule has 0 spiro atoms. The first kappa shape index (κ1) is 19.6. The van der Waals surface area contributed by atoms with Gasteiger partial charge in [-0.05, 0) is 41.8 Å². The van der Waals surface area contributed by atoms with Crippen molar-refractivity contribution < 1.29 is 14.3 Å². The van der Waals surface area contributed by atoms with Gasteiger partial charge in [-0.25, -0.2) is 0 Å². The molecule has 1 aromatic carbocycles. The average Bonchev–Trinajstić information content (AvgIpc) is 3.23. The first-order chi connectivity index (χ1) is 13.1. The number of carbonyl (C=O) groups is 2. The van der Waals surface area contributed by atoms with Gasteiger partial charge in [-0.2, -0.15) is 0 Å². The number of rotatable bonds is 6. The van der Waals surface area contributed by atoms with Crippen molar-refractivity contribution in [2.24, 2.45) is 5.41 Å². The first-order valence-corrected chi connectivity index (χ1v) is 10.1. The lowest BCUT2D eigenvalue weighted by Gasteiger charge is -2.40. The molecule has 3 rings (SSSR count). The van der Waals surface area contributed by atoms with Crippen molar-refractivity contribution in [2.45, 2.75) is 19.3 Å². The highest BCUT2D eigenvalue weighted by molar-refractivity contribution is 7.13. The van der Waals surface area contributed by atoms with E-state index in [0.717, 1.165) is 5.56 Å². The van der Waals surface area contributed by atoms with Crippen LogP contribution >= 0.6 is 11.3 Å². The Morgan fingerprint density at radius 1 is 1.19 bits per heavy atom. The average molecular weight is 387 g/mol. The Hall–Kier alpha value is -2.18. The lowest BCUT2D eigenvalue weighted by Crippen LogP contribution is -2.51. The normalized spacial score (nSPS) is 16.1. The van der Waals surface area contributed by atoms with Crippen LogP contribution in [0, 0.1) is 5.41 Å². The van der Waals surface area contributed by atoms with E-state index in [-0.39, 0.29) is 18.4 Å². The number of carbonyl (C=O) groups excluding carboxylic acids is 2. The van der Waals surface area contributed by atoms with Crippen molar-refractivity contribution in [1.82, 2.24) is 10.2 Å². The lowest BCUT2D eigenvalue weighted by molar-refractivity contribution is -0.142. The predicted molar refractivity (Wildman–Crippen MR) is 108 cm³/mol. The van der Waals surface area contributed by atoms with Gasteiger partial charge in [0.25, 0.3) is 0 Å². The number of nitrogens with one attached hydrogen (secondary N) is 1. The van der Waals surface area contributed by atoms with Crippen LogP contribution in [0.5, 0.6) is 0 Å². The predicted octanol–water partition coefficient (Wildman–Crippen LogP) is 2.96. The minimum absolute atomic E-state index is 0.0108. The van der Waals surface area contributed by atoms with Crippen molar-refractivity contribution in [1.29, 1.82) is 0 Å². The minimum Gasteiger partial charge on any atom is -0.375 e. The zero-order chi connectivity index (χ0) is 19.3. The first-order valence-electron chi connectivity index (χ1n) is 9.20. The largest absolute Gasteiger partial charge is 0.375 e. The molecule has 1 N–H and O–H groups in total. The molecule has 1 fully saturated rings. The van der Waals surface area contributed by atoms with Crippen LogP contribution in [-0.2, 0) is 20.7 Å². The van der Waals surface area contributed by atoms with Crippen molar-refractivity contribution in [3.05, 3.63) is 47.3 Å². The van der Waals surface area contributed by atoms with Crippen molar-refractivity contribution in [3.63, 3.8) is 0 Å². The minimum atomic E-state index is -0.469. The molecule has 0 radical (unpaired) electrons. The van der Waals surface area contributed by atoms with E-state index < -0.39 is 5.41 Å². The van der Waals surface area contributed by atoms with Crippen LogP contribution in [0.4, 0.5) is 0 Å². The maximum Gasteiger partial charge on any atom is 0.248 e. The summed E-state index contributed by atoms with van der Waals surface area (Å²) < 4.78 is 4.95. The molecule has 1 aliphatic rings. The molecule has 144 valence electrons. The van der Waals surface area contributed by atoms with Gasteiger partial charge in [0.2, 0.25) is 11.8 Å². The second-order valence-electron chi connectivity index (χ2n) is 7.02. The Kier molecular flexibility index (Phi) is 6.29. The van der Waals surface area contributed by atoms with Gasteiger partial charge in [-0.15, -0.1) is 11.3 Å². The summed E-state index contributed by atoms with van der Waals surface area (Å²) in [6.45, 7) is 1.27. The van der Waals surface area contributed by atoms with E-state index >= 15 is 0 Å². The van der Waals surface area contributed by atoms with Crippen molar-refractivity contribution >= 4 is 23.2 Å². The van der Waals surface area contributed by atoms with Crippen molar-refractivity contribution in [3.8, 4) is 10.4 Å². The van der Waals surface area contributed by atoms with Crippen LogP contribution in [0.2, 0.25) is 0 Å². The van der Waals surface area contributed by atoms with E-state index in [1.54, 1.807) is 23.3 Å². The molecule has 2 aromatic rings. The van der Waals surface area contributed by atoms with E-state index in [2.05, 4.69) is 41.0 Å². The second-order valence-corrected chi connectivity index (χ2v) is 7.97. The van der Waals surface area contributed by atoms with Gasteiger partial charge in [0.05, 0.1) is 5.41 Å². The molecule has 0 aliphatic carbocycles. The molecule has 0 atom stereocenters. The third-order valence-corrected chi connectivity index (χ3v) is 6.27. The summed E-state index contributed by atoms with van der Waals surface area (Å²) in [6, 6.07) is 12.6. The number of likely N-dealkylation sites (tertiary alicyclic amines) is 1. The highest BCUT2D eigenvalue weighted by Crippen LogP contribution is 2.36. The Bertz CT molecular complexity index is 763.